The van der Waals surface area contributed by atoms with E-state index in [-0.39, 0.29) is 11.8 Å². The Morgan fingerprint density at radius 1 is 1.24 bits per heavy atom. The summed E-state index contributed by atoms with van der Waals surface area (Å²) in [5.41, 5.74) is 6.35. The van der Waals surface area contributed by atoms with Crippen molar-refractivity contribution in [3.63, 3.8) is 0 Å². The van der Waals surface area contributed by atoms with Gasteiger partial charge in [0, 0.05) is 11.8 Å². The van der Waals surface area contributed by atoms with Crippen LogP contribution in [0.1, 0.15) is 18.9 Å². The van der Waals surface area contributed by atoms with Crippen molar-refractivity contribution in [2.45, 2.75) is 18.8 Å². The number of amides is 2. The Morgan fingerprint density at radius 3 is 2.41 bits per heavy atom. The van der Waals surface area contributed by atoms with Gasteiger partial charge in [-0.25, -0.2) is 0 Å². The van der Waals surface area contributed by atoms with Gasteiger partial charge in [0.15, 0.2) is 0 Å². The lowest BCUT2D eigenvalue weighted by atomic mass is 9.75. The molecule has 1 atom stereocenters. The third-order valence-electron chi connectivity index (χ3n) is 3.14. The minimum Gasteiger partial charge on any atom is -0.399 e. The van der Waals surface area contributed by atoms with E-state index in [1.807, 2.05) is 19.1 Å². The first-order valence-corrected chi connectivity index (χ1v) is 5.49. The molecule has 0 saturated carbocycles. The van der Waals surface area contributed by atoms with Gasteiger partial charge in [-0.15, -0.1) is 0 Å². The van der Waals surface area contributed by atoms with Crippen LogP contribution in [-0.2, 0) is 15.0 Å². The summed E-state index contributed by atoms with van der Waals surface area (Å²) in [6.07, 6.45) is 3.66. The molecule has 2 rings (SSSR count). The van der Waals surface area contributed by atoms with Crippen molar-refractivity contribution >= 4 is 17.5 Å². The van der Waals surface area contributed by atoms with E-state index in [9.17, 15) is 9.59 Å². The number of hydrogen-bond donors (Lipinski definition) is 2. The van der Waals surface area contributed by atoms with Crippen molar-refractivity contribution in [2.75, 3.05) is 5.73 Å². The number of hydrogen-bond acceptors (Lipinski definition) is 3. The van der Waals surface area contributed by atoms with Gasteiger partial charge in [0.1, 0.15) is 0 Å². The Balaban J connectivity index is 2.51. The molecular weight excluding hydrogens is 216 g/mol. The van der Waals surface area contributed by atoms with E-state index < -0.39 is 5.41 Å². The Labute approximate surface area is 99.5 Å². The van der Waals surface area contributed by atoms with E-state index in [2.05, 4.69) is 5.32 Å². The lowest BCUT2D eigenvalue weighted by Gasteiger charge is -2.30. The molecular formula is C13H14N2O2. The zero-order chi connectivity index (χ0) is 12.5. The van der Waals surface area contributed by atoms with Crippen LogP contribution in [0.2, 0.25) is 0 Å². The van der Waals surface area contributed by atoms with E-state index in [1.165, 1.54) is 6.08 Å². The zero-order valence-electron chi connectivity index (χ0n) is 9.57. The standard InChI is InChI=1S/C13H14N2O2/c1-2-13(8-7-11(16)15-12(13)17)9-3-5-10(14)6-4-9/h3-8H,2,14H2,1H3,(H,15,16,17)/t13-/m0/s1. The molecule has 0 radical (unpaired) electrons. The molecule has 0 unspecified atom stereocenters. The summed E-state index contributed by atoms with van der Waals surface area (Å²) < 4.78 is 0. The maximum Gasteiger partial charge on any atom is 0.250 e. The van der Waals surface area contributed by atoms with Crippen LogP contribution in [0, 0.1) is 0 Å². The van der Waals surface area contributed by atoms with Gasteiger partial charge in [-0.2, -0.15) is 0 Å². The van der Waals surface area contributed by atoms with Crippen molar-refractivity contribution in [3.05, 3.63) is 42.0 Å². The van der Waals surface area contributed by atoms with Crippen LogP contribution in [0.4, 0.5) is 5.69 Å². The molecule has 4 nitrogen and oxygen atoms in total. The zero-order valence-corrected chi connectivity index (χ0v) is 9.57. The molecule has 0 aliphatic carbocycles. The predicted molar refractivity (Wildman–Crippen MR) is 65.1 cm³/mol. The molecule has 1 heterocycles. The molecule has 1 aliphatic rings. The summed E-state index contributed by atoms with van der Waals surface area (Å²) >= 11 is 0. The lowest BCUT2D eigenvalue weighted by Crippen LogP contribution is -2.48. The number of imide groups is 1. The summed E-state index contributed by atoms with van der Waals surface area (Å²) in [6.45, 7) is 1.91. The summed E-state index contributed by atoms with van der Waals surface area (Å²) in [7, 11) is 0. The first-order chi connectivity index (χ1) is 8.08. The first kappa shape index (κ1) is 11.4. The van der Waals surface area contributed by atoms with Crippen LogP contribution in [0.5, 0.6) is 0 Å². The molecule has 0 saturated heterocycles. The van der Waals surface area contributed by atoms with Crippen LogP contribution in [0.3, 0.4) is 0 Å². The fraction of sp³-hybridized carbons (Fsp3) is 0.231. The fourth-order valence-electron chi connectivity index (χ4n) is 2.05. The van der Waals surface area contributed by atoms with Crippen LogP contribution in [0.25, 0.3) is 0 Å². The second-order valence-electron chi connectivity index (χ2n) is 4.10. The molecule has 0 aromatic heterocycles. The molecule has 1 aromatic rings. The van der Waals surface area contributed by atoms with Crippen molar-refractivity contribution in [3.8, 4) is 0 Å². The number of nitrogens with one attached hydrogen (secondary N) is 1. The average molecular weight is 230 g/mol. The van der Waals surface area contributed by atoms with Gasteiger partial charge >= 0.3 is 0 Å². The number of nitrogen functional groups attached to an aromatic ring is 1. The van der Waals surface area contributed by atoms with E-state index in [4.69, 9.17) is 5.73 Å². The fourth-order valence-corrected chi connectivity index (χ4v) is 2.05. The van der Waals surface area contributed by atoms with Crippen molar-refractivity contribution in [1.29, 1.82) is 0 Å². The first-order valence-electron chi connectivity index (χ1n) is 5.49. The number of nitrogens with two attached hydrogens (primary N) is 1. The Morgan fingerprint density at radius 2 is 1.88 bits per heavy atom. The summed E-state index contributed by atoms with van der Waals surface area (Å²) in [6, 6.07) is 7.14. The van der Waals surface area contributed by atoms with Gasteiger partial charge in [0.2, 0.25) is 11.8 Å². The third kappa shape index (κ3) is 1.82. The predicted octanol–water partition coefficient (Wildman–Crippen LogP) is 1.13. The molecule has 17 heavy (non-hydrogen) atoms. The van der Waals surface area contributed by atoms with Crippen LogP contribution < -0.4 is 11.1 Å². The largest absolute Gasteiger partial charge is 0.399 e. The minimum atomic E-state index is -0.762. The van der Waals surface area contributed by atoms with E-state index in [1.54, 1.807) is 18.2 Å². The SMILES string of the molecule is CC[C@@]1(c2ccc(N)cc2)C=CC(=O)NC1=O. The van der Waals surface area contributed by atoms with Gasteiger partial charge in [0.25, 0.3) is 0 Å². The second kappa shape index (κ2) is 4.05. The summed E-state index contributed by atoms with van der Waals surface area (Å²) in [5, 5.41) is 2.34. The summed E-state index contributed by atoms with van der Waals surface area (Å²) in [5.74, 6) is -0.646. The topological polar surface area (TPSA) is 72.2 Å². The highest BCUT2D eigenvalue weighted by Gasteiger charge is 2.39. The van der Waals surface area contributed by atoms with Crippen LogP contribution >= 0.6 is 0 Å². The third-order valence-corrected chi connectivity index (χ3v) is 3.14. The van der Waals surface area contributed by atoms with Crippen molar-refractivity contribution in [2.24, 2.45) is 0 Å². The number of carbonyl (C=O) groups is 2. The number of benzene rings is 1. The highest BCUT2D eigenvalue weighted by atomic mass is 16.2. The number of anilines is 1. The molecule has 1 aliphatic heterocycles. The normalized spacial score (nSPS) is 23.6. The highest BCUT2D eigenvalue weighted by Crippen LogP contribution is 2.32. The average Bonchev–Trinajstić information content (AvgIpc) is 2.31. The molecule has 0 bridgehead atoms. The van der Waals surface area contributed by atoms with E-state index >= 15 is 0 Å². The van der Waals surface area contributed by atoms with E-state index in [0.29, 0.717) is 12.1 Å². The van der Waals surface area contributed by atoms with Crippen molar-refractivity contribution < 1.29 is 9.59 Å². The molecule has 2 amide bonds. The summed E-state index contributed by atoms with van der Waals surface area (Å²) in [4.78, 5) is 23.2. The number of rotatable bonds is 2. The molecule has 88 valence electrons. The number of carbonyl (C=O) groups excluding carboxylic acids is 2. The molecule has 0 spiro atoms. The maximum atomic E-state index is 12.0. The Hall–Kier alpha value is -2.10. The van der Waals surface area contributed by atoms with Gasteiger partial charge in [-0.05, 0) is 24.1 Å². The highest BCUT2D eigenvalue weighted by molar-refractivity contribution is 6.09. The quantitative estimate of drug-likeness (QED) is 0.591. The smallest absolute Gasteiger partial charge is 0.250 e. The van der Waals surface area contributed by atoms with Gasteiger partial charge in [0.05, 0.1) is 5.41 Å². The van der Waals surface area contributed by atoms with E-state index in [0.717, 1.165) is 5.56 Å². The Kier molecular flexibility index (Phi) is 2.71. The van der Waals surface area contributed by atoms with Crippen molar-refractivity contribution in [1.82, 2.24) is 5.32 Å². The van der Waals surface area contributed by atoms with Crippen LogP contribution in [0.15, 0.2) is 36.4 Å². The monoisotopic (exact) mass is 230 g/mol. The maximum absolute atomic E-state index is 12.0. The van der Waals surface area contributed by atoms with Gasteiger partial charge in [-0.3, -0.25) is 14.9 Å². The van der Waals surface area contributed by atoms with Gasteiger partial charge in [-0.1, -0.05) is 25.1 Å². The Bertz CT molecular complexity index is 491. The van der Waals surface area contributed by atoms with Crippen LogP contribution in [-0.4, -0.2) is 11.8 Å². The molecule has 0 fully saturated rings. The van der Waals surface area contributed by atoms with Gasteiger partial charge < -0.3 is 5.73 Å². The minimum absolute atomic E-state index is 0.280. The molecule has 3 N–H and O–H groups in total. The lowest BCUT2D eigenvalue weighted by molar-refractivity contribution is -0.132. The second-order valence-corrected chi connectivity index (χ2v) is 4.10. The molecule has 4 heteroatoms. The molecule has 1 aromatic carbocycles.